The standard InChI is InChI=1S/C23H20ClF2N5O3/c24-15-10-27-20(29-21(23(33)34)12-4-5-12)8-19(15)30-7-6-18-13(22(30)32)9-28-31(18)11-14-16(25)2-1-3-17(14)26/h1-3,8-10,12,21H,4-7,11H2,(H,27,29)(H,33,34). The van der Waals surface area contributed by atoms with Crippen molar-refractivity contribution in [3.05, 3.63) is 70.1 Å². The van der Waals surface area contributed by atoms with Gasteiger partial charge in [0, 0.05) is 24.6 Å². The number of pyridine rings is 1. The number of hydrogen-bond acceptors (Lipinski definition) is 5. The highest BCUT2D eigenvalue weighted by Gasteiger charge is 2.37. The molecule has 0 bridgehead atoms. The predicted octanol–water partition coefficient (Wildman–Crippen LogP) is 3.74. The molecule has 34 heavy (non-hydrogen) atoms. The largest absolute Gasteiger partial charge is 0.480 e. The third kappa shape index (κ3) is 4.09. The van der Waals surface area contributed by atoms with Crippen LogP contribution in [0.3, 0.4) is 0 Å². The summed E-state index contributed by atoms with van der Waals surface area (Å²) in [4.78, 5) is 30.5. The van der Waals surface area contributed by atoms with Crippen LogP contribution in [0.25, 0.3) is 0 Å². The highest BCUT2D eigenvalue weighted by molar-refractivity contribution is 6.34. The van der Waals surface area contributed by atoms with E-state index in [0.717, 1.165) is 12.8 Å². The summed E-state index contributed by atoms with van der Waals surface area (Å²) in [5, 5.41) is 16.8. The minimum absolute atomic E-state index is 0.0442. The highest BCUT2D eigenvalue weighted by atomic mass is 35.5. The maximum absolute atomic E-state index is 14.1. The summed E-state index contributed by atoms with van der Waals surface area (Å²) in [6.45, 7) is 0.119. The maximum atomic E-state index is 14.1. The number of rotatable bonds is 7. The highest BCUT2D eigenvalue weighted by Crippen LogP contribution is 2.36. The molecule has 1 aromatic carbocycles. The molecule has 8 nitrogen and oxygen atoms in total. The van der Waals surface area contributed by atoms with Crippen LogP contribution in [-0.2, 0) is 17.8 Å². The van der Waals surface area contributed by atoms with E-state index in [4.69, 9.17) is 11.6 Å². The summed E-state index contributed by atoms with van der Waals surface area (Å²) < 4.78 is 29.6. The van der Waals surface area contributed by atoms with Crippen LogP contribution in [0, 0.1) is 17.6 Å². The Labute approximate surface area is 198 Å². The summed E-state index contributed by atoms with van der Waals surface area (Å²) in [7, 11) is 0. The Hall–Kier alpha value is -3.53. The first-order valence-corrected chi connectivity index (χ1v) is 11.2. The van der Waals surface area contributed by atoms with Crippen LogP contribution in [0.4, 0.5) is 20.3 Å². The van der Waals surface area contributed by atoms with Gasteiger partial charge in [0.05, 0.1) is 40.9 Å². The van der Waals surface area contributed by atoms with E-state index in [1.807, 2.05) is 0 Å². The fraction of sp³-hybridized carbons (Fsp3) is 0.304. The van der Waals surface area contributed by atoms with Crippen molar-refractivity contribution in [3.8, 4) is 0 Å². The van der Waals surface area contributed by atoms with E-state index in [9.17, 15) is 23.5 Å². The zero-order valence-electron chi connectivity index (χ0n) is 17.8. The average molecular weight is 488 g/mol. The summed E-state index contributed by atoms with van der Waals surface area (Å²) in [5.41, 5.74) is 1.15. The van der Waals surface area contributed by atoms with E-state index in [0.29, 0.717) is 29.2 Å². The minimum atomic E-state index is -0.960. The summed E-state index contributed by atoms with van der Waals surface area (Å²) >= 11 is 6.34. The molecule has 3 heterocycles. The summed E-state index contributed by atoms with van der Waals surface area (Å²) in [5.74, 6) is -2.33. The number of nitrogens with zero attached hydrogens (tertiary/aromatic N) is 4. The molecule has 1 atom stereocenters. The Kier molecular flexibility index (Phi) is 5.68. The smallest absolute Gasteiger partial charge is 0.326 e. The van der Waals surface area contributed by atoms with Crippen LogP contribution < -0.4 is 10.2 Å². The molecule has 1 fully saturated rings. The monoisotopic (exact) mass is 487 g/mol. The molecule has 3 aromatic rings. The third-order valence-corrected chi connectivity index (χ3v) is 6.45. The van der Waals surface area contributed by atoms with Crippen molar-refractivity contribution in [2.45, 2.75) is 31.8 Å². The number of carboxylic acid groups (broad SMARTS) is 1. The Morgan fingerprint density at radius 2 is 2.00 bits per heavy atom. The number of carbonyl (C=O) groups is 2. The number of fused-ring (bicyclic) bond motifs is 1. The van der Waals surface area contributed by atoms with Gasteiger partial charge < -0.3 is 15.3 Å². The van der Waals surface area contributed by atoms with Gasteiger partial charge in [-0.3, -0.25) is 9.48 Å². The number of amides is 1. The first kappa shape index (κ1) is 22.3. The number of anilines is 2. The quantitative estimate of drug-likeness (QED) is 0.526. The van der Waals surface area contributed by atoms with Crippen LogP contribution in [0.2, 0.25) is 5.02 Å². The number of aromatic nitrogens is 3. The second-order valence-electron chi connectivity index (χ2n) is 8.39. The third-order valence-electron chi connectivity index (χ3n) is 6.15. The molecule has 1 amide bonds. The van der Waals surface area contributed by atoms with Gasteiger partial charge in [-0.05, 0) is 30.9 Å². The Bertz CT molecular complexity index is 1270. The lowest BCUT2D eigenvalue weighted by molar-refractivity contribution is -0.138. The molecule has 11 heteroatoms. The van der Waals surface area contributed by atoms with Crippen LogP contribution in [0.1, 0.15) is 34.5 Å². The normalized spacial score (nSPS) is 16.3. The minimum Gasteiger partial charge on any atom is -0.480 e. The lowest BCUT2D eigenvalue weighted by Crippen LogP contribution is -2.38. The maximum Gasteiger partial charge on any atom is 0.326 e. The van der Waals surface area contributed by atoms with Crippen LogP contribution in [0.15, 0.2) is 36.7 Å². The van der Waals surface area contributed by atoms with Gasteiger partial charge in [-0.15, -0.1) is 0 Å². The topological polar surface area (TPSA) is 100 Å². The van der Waals surface area contributed by atoms with E-state index in [2.05, 4.69) is 15.4 Å². The van der Waals surface area contributed by atoms with Crippen LogP contribution in [0.5, 0.6) is 0 Å². The fourth-order valence-corrected chi connectivity index (χ4v) is 4.41. The van der Waals surface area contributed by atoms with Gasteiger partial charge >= 0.3 is 5.97 Å². The molecule has 0 radical (unpaired) electrons. The molecule has 0 saturated heterocycles. The van der Waals surface area contributed by atoms with Gasteiger partial charge in [0.2, 0.25) is 0 Å². The molecule has 2 aromatic heterocycles. The summed E-state index contributed by atoms with van der Waals surface area (Å²) in [6.07, 6.45) is 4.80. The van der Waals surface area contributed by atoms with Gasteiger partial charge in [-0.1, -0.05) is 17.7 Å². The van der Waals surface area contributed by atoms with Crippen LogP contribution >= 0.6 is 11.6 Å². The number of hydrogen-bond donors (Lipinski definition) is 2. The van der Waals surface area contributed by atoms with Gasteiger partial charge in [0.1, 0.15) is 23.5 Å². The van der Waals surface area contributed by atoms with E-state index in [1.165, 1.54) is 40.2 Å². The van der Waals surface area contributed by atoms with E-state index >= 15 is 0 Å². The van der Waals surface area contributed by atoms with Crippen molar-refractivity contribution in [1.29, 1.82) is 0 Å². The van der Waals surface area contributed by atoms with Gasteiger partial charge in [-0.2, -0.15) is 5.10 Å². The zero-order chi connectivity index (χ0) is 24.0. The molecular formula is C23H20ClF2N5O3. The number of nitrogens with one attached hydrogen (secondary N) is 1. The van der Waals surface area contributed by atoms with E-state index < -0.39 is 23.6 Å². The van der Waals surface area contributed by atoms with E-state index in [-0.39, 0.29) is 35.5 Å². The van der Waals surface area contributed by atoms with Crippen molar-refractivity contribution in [2.24, 2.45) is 5.92 Å². The van der Waals surface area contributed by atoms with Crippen molar-refractivity contribution in [3.63, 3.8) is 0 Å². The number of halogens is 3. The van der Waals surface area contributed by atoms with Crippen molar-refractivity contribution in [1.82, 2.24) is 14.8 Å². The molecule has 1 unspecified atom stereocenters. The van der Waals surface area contributed by atoms with Gasteiger partial charge in [-0.25, -0.2) is 18.6 Å². The average Bonchev–Trinajstić information content (AvgIpc) is 3.56. The summed E-state index contributed by atoms with van der Waals surface area (Å²) in [6, 6.07) is 4.44. The molecule has 1 aliphatic heterocycles. The second-order valence-corrected chi connectivity index (χ2v) is 8.80. The predicted molar refractivity (Wildman–Crippen MR) is 120 cm³/mol. The molecule has 1 saturated carbocycles. The number of carbonyl (C=O) groups excluding carboxylic acids is 1. The molecule has 0 spiro atoms. The van der Waals surface area contributed by atoms with Crippen molar-refractivity contribution < 1.29 is 23.5 Å². The van der Waals surface area contributed by atoms with Crippen LogP contribution in [-0.4, -0.2) is 44.3 Å². The molecular weight excluding hydrogens is 468 g/mol. The lowest BCUT2D eigenvalue weighted by atomic mass is 10.1. The first-order chi connectivity index (χ1) is 16.3. The molecule has 2 N–H and O–H groups in total. The lowest BCUT2D eigenvalue weighted by Gasteiger charge is -2.28. The van der Waals surface area contributed by atoms with E-state index in [1.54, 1.807) is 6.07 Å². The molecule has 1 aliphatic carbocycles. The molecule has 2 aliphatic rings. The molecule has 176 valence electrons. The fourth-order valence-electron chi connectivity index (χ4n) is 4.20. The molecule has 5 rings (SSSR count). The number of carboxylic acids is 1. The second kappa shape index (κ2) is 8.68. The van der Waals surface area contributed by atoms with Gasteiger partial charge in [0.15, 0.2) is 0 Å². The SMILES string of the molecule is O=C(O)C(Nc1cc(N2CCc3c(cnn3Cc3c(F)cccc3F)C2=O)c(Cl)cn1)C1CC1. The van der Waals surface area contributed by atoms with Crippen molar-refractivity contribution in [2.75, 3.05) is 16.8 Å². The Morgan fingerprint density at radius 3 is 2.68 bits per heavy atom. The zero-order valence-corrected chi connectivity index (χ0v) is 18.6. The number of aliphatic carboxylic acids is 1. The van der Waals surface area contributed by atoms with Crippen molar-refractivity contribution >= 4 is 35.0 Å². The first-order valence-electron chi connectivity index (χ1n) is 10.8. The Morgan fingerprint density at radius 1 is 1.26 bits per heavy atom. The van der Waals surface area contributed by atoms with Gasteiger partial charge in [0.25, 0.3) is 5.91 Å². The Balaban J connectivity index is 1.40. The number of benzene rings is 1.